The van der Waals surface area contributed by atoms with E-state index in [-0.39, 0.29) is 5.97 Å². The van der Waals surface area contributed by atoms with Gasteiger partial charge in [0.2, 0.25) is 0 Å². The van der Waals surface area contributed by atoms with Crippen LogP contribution in [0, 0.1) is 0 Å². The lowest BCUT2D eigenvalue weighted by molar-refractivity contribution is 0.0602. The van der Waals surface area contributed by atoms with E-state index in [1.165, 1.54) is 18.2 Å². The normalized spacial score (nSPS) is 11.0. The molecule has 0 aromatic carbocycles. The van der Waals surface area contributed by atoms with Gasteiger partial charge in [0, 0.05) is 0 Å². The van der Waals surface area contributed by atoms with Gasteiger partial charge in [-0.15, -0.1) is 0 Å². The van der Waals surface area contributed by atoms with Crippen LogP contribution in [0.25, 0.3) is 11.1 Å². The number of ether oxygens (including phenoxy) is 1. The zero-order valence-electron chi connectivity index (χ0n) is 12.0. The van der Waals surface area contributed by atoms with Crippen LogP contribution in [0.2, 0.25) is 0 Å². The Bertz CT molecular complexity index is 570. The Morgan fingerprint density at radius 3 is 2.32 bits per heavy atom. The number of hydrogen-bond donors (Lipinski definition) is 0. The summed E-state index contributed by atoms with van der Waals surface area (Å²) in [7, 11) is 1.43. The van der Waals surface area contributed by atoms with Gasteiger partial charge in [0.05, 0.1) is 12.7 Å². The molecule has 2 aliphatic rings. The molecule has 0 aliphatic heterocycles. The molecule has 2 rings (SSSR count). The van der Waals surface area contributed by atoms with E-state index in [1.54, 1.807) is 0 Å². The predicted molar refractivity (Wildman–Crippen MR) is 77.9 cm³/mol. The van der Waals surface area contributed by atoms with Crippen LogP contribution in [0.4, 0.5) is 0 Å². The first-order valence-electron chi connectivity index (χ1n) is 6.72. The molecule has 2 nitrogen and oxygen atoms in total. The highest BCUT2D eigenvalue weighted by Crippen LogP contribution is 2.33. The maximum absolute atomic E-state index is 11.9. The maximum atomic E-state index is 11.9. The Hall–Kier alpha value is -1.83. The number of methoxy groups -OCH3 is 1. The number of fused-ring (bicyclic) bond motifs is 1. The van der Waals surface area contributed by atoms with Gasteiger partial charge in [-0.25, -0.2) is 4.79 Å². The zero-order valence-corrected chi connectivity index (χ0v) is 12.0. The smallest absolute Gasteiger partial charge is 0.338 e. The number of esters is 1. The molecular formula is C17H20O2. The van der Waals surface area contributed by atoms with E-state index in [2.05, 4.69) is 39.0 Å². The van der Waals surface area contributed by atoms with Crippen LogP contribution in [-0.4, -0.2) is 13.1 Å². The molecule has 0 atom stereocenters. The number of carbonyl (C=O) groups is 1. The fraction of sp³-hybridized carbons (Fsp3) is 0.353. The summed E-state index contributed by atoms with van der Waals surface area (Å²) in [4.78, 5) is 11.9. The number of rotatable bonds is 3. The van der Waals surface area contributed by atoms with Gasteiger partial charge in [-0.1, -0.05) is 45.0 Å². The van der Waals surface area contributed by atoms with Gasteiger partial charge in [0.25, 0.3) is 0 Å². The molecule has 100 valence electrons. The second-order valence-corrected chi connectivity index (χ2v) is 5.08. The molecule has 0 N–H and O–H groups in total. The molecule has 0 aromatic rings. The molecule has 0 amide bonds. The van der Waals surface area contributed by atoms with E-state index >= 15 is 0 Å². The molecule has 0 saturated heterocycles. The zero-order chi connectivity index (χ0) is 14.0. The lowest BCUT2D eigenvalue weighted by Gasteiger charge is -2.00. The largest absolute Gasteiger partial charge is 0.465 e. The van der Waals surface area contributed by atoms with Crippen LogP contribution < -0.4 is 0 Å². The number of aryl methyl sites for hydroxylation is 1. The quantitative estimate of drug-likeness (QED) is 0.767. The Balaban J connectivity index is 2.65. The molecule has 19 heavy (non-hydrogen) atoms. The van der Waals surface area contributed by atoms with Crippen molar-refractivity contribution in [3.8, 4) is 11.1 Å². The highest BCUT2D eigenvalue weighted by atomic mass is 16.5. The van der Waals surface area contributed by atoms with Crippen molar-refractivity contribution in [2.75, 3.05) is 7.11 Å². The Labute approximate surface area is 114 Å². The molecule has 0 bridgehead atoms. The third kappa shape index (κ3) is 2.48. The van der Waals surface area contributed by atoms with Crippen LogP contribution in [0.1, 0.15) is 48.2 Å². The van der Waals surface area contributed by atoms with E-state index in [0.717, 1.165) is 17.5 Å². The predicted octanol–water partition coefficient (Wildman–Crippen LogP) is 4.26. The minimum Gasteiger partial charge on any atom is -0.465 e. The van der Waals surface area contributed by atoms with E-state index in [4.69, 9.17) is 4.74 Å². The Kier molecular flexibility index (Phi) is 3.89. The molecule has 0 unspecified atom stereocenters. The van der Waals surface area contributed by atoms with Gasteiger partial charge < -0.3 is 4.74 Å². The van der Waals surface area contributed by atoms with Gasteiger partial charge in [-0.3, -0.25) is 0 Å². The average Bonchev–Trinajstić information content (AvgIpc) is 2.60. The van der Waals surface area contributed by atoms with Gasteiger partial charge in [-0.2, -0.15) is 0 Å². The third-order valence-corrected chi connectivity index (χ3v) is 3.58. The van der Waals surface area contributed by atoms with Crippen molar-refractivity contribution in [1.29, 1.82) is 0 Å². The van der Waals surface area contributed by atoms with Gasteiger partial charge in [-0.05, 0) is 40.7 Å². The van der Waals surface area contributed by atoms with E-state index in [1.807, 2.05) is 12.1 Å². The molecule has 2 heteroatoms. The van der Waals surface area contributed by atoms with Crippen molar-refractivity contribution in [1.82, 2.24) is 0 Å². The van der Waals surface area contributed by atoms with Crippen molar-refractivity contribution < 1.29 is 9.53 Å². The lowest BCUT2D eigenvalue weighted by Crippen LogP contribution is -2.00. The van der Waals surface area contributed by atoms with Gasteiger partial charge >= 0.3 is 5.97 Å². The SMILES string of the molecule is CCc1cc(C(=O)OC)c2ccc(C(C)C)ccc1-2. The maximum Gasteiger partial charge on any atom is 0.338 e. The second kappa shape index (κ2) is 5.43. The topological polar surface area (TPSA) is 26.3 Å². The molecule has 0 fully saturated rings. The summed E-state index contributed by atoms with van der Waals surface area (Å²) < 4.78 is 4.87. The summed E-state index contributed by atoms with van der Waals surface area (Å²) in [6.45, 7) is 6.44. The lowest BCUT2D eigenvalue weighted by atomic mass is 10.1. The van der Waals surface area contributed by atoms with Crippen LogP contribution in [0.5, 0.6) is 0 Å². The Morgan fingerprint density at radius 2 is 1.79 bits per heavy atom. The highest BCUT2D eigenvalue weighted by Gasteiger charge is 2.19. The van der Waals surface area contributed by atoms with Crippen molar-refractivity contribution in [2.45, 2.75) is 33.1 Å². The highest BCUT2D eigenvalue weighted by molar-refractivity contribution is 6.00. The van der Waals surface area contributed by atoms with Crippen molar-refractivity contribution in [2.24, 2.45) is 0 Å². The van der Waals surface area contributed by atoms with Crippen LogP contribution in [0.15, 0.2) is 30.3 Å². The van der Waals surface area contributed by atoms with Crippen LogP contribution >= 0.6 is 0 Å². The fourth-order valence-corrected chi connectivity index (χ4v) is 2.40. The first kappa shape index (κ1) is 13.6. The second-order valence-electron chi connectivity index (χ2n) is 5.08. The minimum atomic E-state index is -0.262. The number of hydrogen-bond acceptors (Lipinski definition) is 2. The molecule has 2 aliphatic carbocycles. The summed E-state index contributed by atoms with van der Waals surface area (Å²) in [5.74, 6) is 0.213. The molecular weight excluding hydrogens is 236 g/mol. The molecule has 0 radical (unpaired) electrons. The molecule has 0 saturated carbocycles. The van der Waals surface area contributed by atoms with Crippen LogP contribution in [-0.2, 0) is 11.2 Å². The van der Waals surface area contributed by atoms with E-state index in [9.17, 15) is 4.79 Å². The molecule has 0 spiro atoms. The van der Waals surface area contributed by atoms with Crippen molar-refractivity contribution in [3.05, 3.63) is 47.0 Å². The standard InChI is InChI=1S/C17H20O2/c1-5-12-10-16(17(18)19-4)15-9-7-13(11(2)3)6-8-14(12)15/h6-11H,5H2,1-4H3. The van der Waals surface area contributed by atoms with Crippen molar-refractivity contribution in [3.63, 3.8) is 0 Å². The van der Waals surface area contributed by atoms with Gasteiger partial charge in [0.1, 0.15) is 0 Å². The summed E-state index contributed by atoms with van der Waals surface area (Å²) >= 11 is 0. The summed E-state index contributed by atoms with van der Waals surface area (Å²) in [5.41, 5.74) is 5.26. The van der Waals surface area contributed by atoms with E-state index < -0.39 is 0 Å². The Morgan fingerprint density at radius 1 is 1.16 bits per heavy atom. The monoisotopic (exact) mass is 256 g/mol. The van der Waals surface area contributed by atoms with E-state index in [0.29, 0.717) is 11.5 Å². The summed E-state index contributed by atoms with van der Waals surface area (Å²) in [5, 5.41) is 0. The minimum absolute atomic E-state index is 0.262. The molecule has 0 heterocycles. The van der Waals surface area contributed by atoms with Crippen molar-refractivity contribution >= 4 is 5.97 Å². The van der Waals surface area contributed by atoms with Gasteiger partial charge in [0.15, 0.2) is 0 Å². The number of carbonyl (C=O) groups excluding carboxylic acids is 1. The molecule has 0 aromatic heterocycles. The van der Waals surface area contributed by atoms with Crippen LogP contribution in [0.3, 0.4) is 0 Å². The summed E-state index contributed by atoms with van der Waals surface area (Å²) in [6.07, 6.45) is 0.911. The average molecular weight is 256 g/mol. The first-order chi connectivity index (χ1) is 9.08. The third-order valence-electron chi connectivity index (χ3n) is 3.58. The summed E-state index contributed by atoms with van der Waals surface area (Å²) in [6, 6.07) is 10.4. The first-order valence-corrected chi connectivity index (χ1v) is 6.72. The fourth-order valence-electron chi connectivity index (χ4n) is 2.40.